The van der Waals surface area contributed by atoms with Crippen LogP contribution in [0.3, 0.4) is 0 Å². The second-order valence-electron chi connectivity index (χ2n) is 23.3. The summed E-state index contributed by atoms with van der Waals surface area (Å²) in [5, 5.41) is 72.4. The fourth-order valence-corrected chi connectivity index (χ4v) is 10.7. The van der Waals surface area contributed by atoms with Crippen molar-refractivity contribution in [2.24, 2.45) is 0 Å². The molecule has 2 heterocycles. The van der Waals surface area contributed by atoms with Crippen molar-refractivity contribution in [1.82, 2.24) is 0 Å². The van der Waals surface area contributed by atoms with Gasteiger partial charge in [-0.25, -0.2) is 0 Å². The summed E-state index contributed by atoms with van der Waals surface area (Å²) >= 11 is 0. The van der Waals surface area contributed by atoms with Crippen LogP contribution in [0, 0.1) is 0 Å². The maximum Gasteiger partial charge on any atom is 0.306 e. The summed E-state index contributed by atoms with van der Waals surface area (Å²) in [5.41, 5.74) is 0. The predicted molar refractivity (Wildman–Crippen MR) is 312 cm³/mol. The molecule has 0 bridgehead atoms. The average Bonchev–Trinajstić information content (AvgIpc) is 3.52. The van der Waals surface area contributed by atoms with Crippen molar-refractivity contribution in [3.63, 3.8) is 0 Å². The molecular weight excluding hydrogens is 1010 g/mol. The molecule has 15 nitrogen and oxygen atoms in total. The van der Waals surface area contributed by atoms with E-state index in [0.29, 0.717) is 12.8 Å². The first kappa shape index (κ1) is 73.3. The Balaban J connectivity index is 1.70. The van der Waals surface area contributed by atoms with Crippen LogP contribution in [0.4, 0.5) is 0 Å². The SMILES string of the molecule is CCCCCCCCCCCCCCCCCCCC/C=C/CCCC(=O)OC[C@@H](CO[C@@H]1O[C@H](CO[C@@H]2O[C@H](CO)[C@H](O)C(O)C2O)[C@H](O)C(O)C1O)OC(=O)CCCCCCCCCCCCCCCCCCCCCC. The van der Waals surface area contributed by atoms with Crippen LogP contribution in [0.5, 0.6) is 0 Å². The van der Waals surface area contributed by atoms with Gasteiger partial charge in [0.15, 0.2) is 18.7 Å². The smallest absolute Gasteiger partial charge is 0.306 e. The zero-order valence-electron chi connectivity index (χ0n) is 50.1. The third-order valence-electron chi connectivity index (χ3n) is 16.0. The molecular formula is C64H120O15. The fourth-order valence-electron chi connectivity index (χ4n) is 10.7. The van der Waals surface area contributed by atoms with Crippen molar-refractivity contribution in [1.29, 1.82) is 0 Å². The Kier molecular flexibility index (Phi) is 47.1. The average molecular weight is 1130 g/mol. The number of ether oxygens (including phenoxy) is 6. The molecule has 2 aliphatic rings. The van der Waals surface area contributed by atoms with E-state index >= 15 is 0 Å². The van der Waals surface area contributed by atoms with Gasteiger partial charge in [0.05, 0.1) is 19.8 Å². The molecule has 0 aromatic heterocycles. The highest BCUT2D eigenvalue weighted by atomic mass is 16.7. The summed E-state index contributed by atoms with van der Waals surface area (Å²) in [7, 11) is 0. The van der Waals surface area contributed by atoms with Gasteiger partial charge in [-0.1, -0.05) is 257 Å². The maximum atomic E-state index is 13.1. The van der Waals surface area contributed by atoms with Crippen LogP contribution in [0.2, 0.25) is 0 Å². The fraction of sp³-hybridized carbons (Fsp3) is 0.938. The van der Waals surface area contributed by atoms with E-state index in [4.69, 9.17) is 28.4 Å². The molecule has 4 unspecified atom stereocenters. The molecule has 2 saturated heterocycles. The Morgan fingerprint density at radius 2 is 0.734 bits per heavy atom. The molecule has 0 radical (unpaired) electrons. The van der Waals surface area contributed by atoms with Crippen LogP contribution < -0.4 is 0 Å². The number of rotatable bonds is 54. The van der Waals surface area contributed by atoms with Crippen LogP contribution >= 0.6 is 0 Å². The van der Waals surface area contributed by atoms with Gasteiger partial charge in [0, 0.05) is 12.8 Å². The summed E-state index contributed by atoms with van der Waals surface area (Å²) in [4.78, 5) is 26.0. The van der Waals surface area contributed by atoms with Crippen LogP contribution in [0.25, 0.3) is 0 Å². The number of carbonyl (C=O) groups is 2. The van der Waals surface area contributed by atoms with Crippen molar-refractivity contribution in [3.05, 3.63) is 12.2 Å². The second kappa shape index (κ2) is 50.7. The number of allylic oxidation sites excluding steroid dienone is 2. The molecule has 0 spiro atoms. The van der Waals surface area contributed by atoms with Gasteiger partial charge in [-0.2, -0.15) is 0 Å². The Labute approximate surface area is 480 Å². The highest BCUT2D eigenvalue weighted by molar-refractivity contribution is 5.70. The van der Waals surface area contributed by atoms with Crippen molar-refractivity contribution < 1.29 is 73.8 Å². The van der Waals surface area contributed by atoms with E-state index in [1.807, 2.05) is 0 Å². The molecule has 15 heteroatoms. The Morgan fingerprint density at radius 3 is 1.15 bits per heavy atom. The maximum absolute atomic E-state index is 13.1. The monoisotopic (exact) mass is 1130 g/mol. The molecule has 0 aromatic rings. The molecule has 2 aliphatic heterocycles. The van der Waals surface area contributed by atoms with Gasteiger partial charge in [-0.05, 0) is 32.1 Å². The van der Waals surface area contributed by atoms with Gasteiger partial charge in [-0.3, -0.25) is 9.59 Å². The first-order valence-electron chi connectivity index (χ1n) is 32.8. The minimum atomic E-state index is -1.77. The molecule has 0 aliphatic carbocycles. The second-order valence-corrected chi connectivity index (χ2v) is 23.3. The van der Waals surface area contributed by atoms with E-state index in [0.717, 1.165) is 38.5 Å². The third kappa shape index (κ3) is 37.2. The Bertz CT molecular complexity index is 1420. The molecule has 79 heavy (non-hydrogen) atoms. The number of unbranched alkanes of at least 4 members (excludes halogenated alkanes) is 38. The van der Waals surface area contributed by atoms with Gasteiger partial charge < -0.3 is 64.2 Å². The Hall–Kier alpha value is -1.76. The molecule has 0 saturated carbocycles. The zero-order valence-corrected chi connectivity index (χ0v) is 50.1. The van der Waals surface area contributed by atoms with Gasteiger partial charge in [0.25, 0.3) is 0 Å². The topological polar surface area (TPSA) is 231 Å². The van der Waals surface area contributed by atoms with Gasteiger partial charge in [0.1, 0.15) is 55.4 Å². The third-order valence-corrected chi connectivity index (χ3v) is 16.0. The van der Waals surface area contributed by atoms with Crippen molar-refractivity contribution in [2.75, 3.05) is 26.4 Å². The highest BCUT2D eigenvalue weighted by Gasteiger charge is 2.47. The molecule has 11 atom stereocenters. The molecule has 466 valence electrons. The number of hydrogen-bond acceptors (Lipinski definition) is 15. The minimum absolute atomic E-state index is 0.167. The summed E-state index contributed by atoms with van der Waals surface area (Å²) in [6.07, 6.45) is 39.6. The number of carbonyl (C=O) groups excluding carboxylic acids is 2. The largest absolute Gasteiger partial charge is 0.462 e. The number of aliphatic hydroxyl groups excluding tert-OH is 7. The van der Waals surface area contributed by atoms with Crippen molar-refractivity contribution in [2.45, 2.75) is 357 Å². The highest BCUT2D eigenvalue weighted by Crippen LogP contribution is 2.27. The van der Waals surface area contributed by atoms with Crippen molar-refractivity contribution >= 4 is 11.9 Å². The van der Waals surface area contributed by atoms with Crippen LogP contribution in [-0.4, -0.2) is 142 Å². The van der Waals surface area contributed by atoms with E-state index in [-0.39, 0.29) is 26.1 Å². The van der Waals surface area contributed by atoms with Gasteiger partial charge in [0.2, 0.25) is 0 Å². The van der Waals surface area contributed by atoms with Crippen LogP contribution in [0.1, 0.15) is 290 Å². The van der Waals surface area contributed by atoms with Crippen LogP contribution in [-0.2, 0) is 38.0 Å². The summed E-state index contributed by atoms with van der Waals surface area (Å²) in [6, 6.07) is 0. The lowest BCUT2D eigenvalue weighted by molar-refractivity contribution is -0.332. The Morgan fingerprint density at radius 1 is 0.392 bits per heavy atom. The normalized spacial score (nSPS) is 23.9. The first-order valence-corrected chi connectivity index (χ1v) is 32.8. The lowest BCUT2D eigenvalue weighted by Crippen LogP contribution is -2.61. The van der Waals surface area contributed by atoms with E-state index in [1.165, 1.54) is 212 Å². The van der Waals surface area contributed by atoms with Crippen LogP contribution in [0.15, 0.2) is 12.2 Å². The molecule has 0 aromatic carbocycles. The summed E-state index contributed by atoms with van der Waals surface area (Å²) < 4.78 is 33.8. The summed E-state index contributed by atoms with van der Waals surface area (Å²) in [5.74, 6) is -0.941. The lowest BCUT2D eigenvalue weighted by atomic mass is 9.98. The summed E-state index contributed by atoms with van der Waals surface area (Å²) in [6.45, 7) is 2.65. The lowest BCUT2D eigenvalue weighted by Gasteiger charge is -2.42. The van der Waals surface area contributed by atoms with E-state index in [2.05, 4.69) is 26.0 Å². The van der Waals surface area contributed by atoms with Gasteiger partial charge in [-0.15, -0.1) is 0 Å². The molecule has 7 N–H and O–H groups in total. The predicted octanol–water partition coefficient (Wildman–Crippen LogP) is 12.5. The molecule has 2 fully saturated rings. The number of aliphatic hydroxyl groups is 7. The van der Waals surface area contributed by atoms with E-state index < -0.39 is 92.7 Å². The first-order chi connectivity index (χ1) is 38.5. The number of esters is 2. The van der Waals surface area contributed by atoms with E-state index in [1.54, 1.807) is 0 Å². The van der Waals surface area contributed by atoms with E-state index in [9.17, 15) is 45.3 Å². The molecule has 2 rings (SSSR count). The standard InChI is InChI=1S/C64H120O15/c1-3-5-7-9-11-13-15-17-19-21-23-25-26-27-29-30-32-34-36-38-40-42-44-46-55(66)74-49-52(77-56(67)47-45-43-41-39-37-35-33-31-28-24-22-20-18-16-14-12-10-8-6-4-2)50-75-63-62(73)60(71)58(69)54(79-63)51-76-64-61(72)59(70)57(68)53(48-65)78-64/h38,40,52-54,57-65,68-73H,3-37,39,41-51H2,1-2H3/b40-38+/t52-,53+,54+,57-,58-,59?,60?,61?,62?,63+,64+/m0/s1. The van der Waals surface area contributed by atoms with Crippen molar-refractivity contribution in [3.8, 4) is 0 Å². The zero-order chi connectivity index (χ0) is 57.4. The van der Waals surface area contributed by atoms with Gasteiger partial charge >= 0.3 is 11.9 Å². The number of hydrogen-bond donors (Lipinski definition) is 7. The minimum Gasteiger partial charge on any atom is -0.462 e. The molecule has 0 amide bonds. The quantitative estimate of drug-likeness (QED) is 0.0171.